The first-order chi connectivity index (χ1) is 5.38. The number of hydrazine groups is 1. The number of hydrogen-bond donors (Lipinski definition) is 2. The molecule has 1 unspecified atom stereocenters. The van der Waals surface area contributed by atoms with Crippen molar-refractivity contribution in [3.8, 4) is 0 Å². The number of ether oxygens (including phenoxy) is 1. The van der Waals surface area contributed by atoms with E-state index in [4.69, 9.17) is 10.6 Å². The first-order valence-electron chi connectivity index (χ1n) is 4.21. The molecule has 2 aliphatic rings. The van der Waals surface area contributed by atoms with Gasteiger partial charge in [-0.1, -0.05) is 0 Å². The van der Waals surface area contributed by atoms with Crippen LogP contribution in [0, 0.1) is 0 Å². The molecule has 2 atom stereocenters. The number of nitrogens with two attached hydrogens (primary N) is 1. The molecule has 4 nitrogen and oxygen atoms in total. The van der Waals surface area contributed by atoms with Gasteiger partial charge in [-0.25, -0.2) is 5.01 Å². The molecule has 64 valence electrons. The minimum Gasteiger partial charge on any atom is -0.374 e. The van der Waals surface area contributed by atoms with Crippen LogP contribution >= 0.6 is 0 Å². The van der Waals surface area contributed by atoms with Crippen LogP contribution in [0.3, 0.4) is 0 Å². The molecule has 2 rings (SSSR count). The van der Waals surface area contributed by atoms with Crippen LogP contribution in [0.5, 0.6) is 0 Å². The third kappa shape index (κ3) is 1.39. The van der Waals surface area contributed by atoms with E-state index in [2.05, 4.69) is 5.32 Å². The Bertz CT molecular complexity index is 140. The maximum atomic E-state index is 5.81. The van der Waals surface area contributed by atoms with Crippen molar-refractivity contribution in [3.05, 3.63) is 0 Å². The quantitative estimate of drug-likeness (QED) is 0.439. The summed E-state index contributed by atoms with van der Waals surface area (Å²) in [6.07, 6.45) is 1.43. The van der Waals surface area contributed by atoms with Gasteiger partial charge in [-0.3, -0.25) is 5.84 Å². The van der Waals surface area contributed by atoms with Crippen molar-refractivity contribution in [2.24, 2.45) is 5.84 Å². The Kier molecular flexibility index (Phi) is 2.09. The molecule has 0 bridgehead atoms. The molecular weight excluding hydrogens is 142 g/mol. The lowest BCUT2D eigenvalue weighted by Crippen LogP contribution is -2.60. The Balaban J connectivity index is 1.99. The van der Waals surface area contributed by atoms with Crippen LogP contribution in [0.15, 0.2) is 0 Å². The molecule has 0 aromatic heterocycles. The largest absolute Gasteiger partial charge is 0.374 e. The molecule has 2 fully saturated rings. The van der Waals surface area contributed by atoms with Crippen molar-refractivity contribution in [2.75, 3.05) is 26.2 Å². The molecule has 0 aromatic rings. The van der Waals surface area contributed by atoms with E-state index in [9.17, 15) is 0 Å². The van der Waals surface area contributed by atoms with E-state index in [0.717, 1.165) is 32.7 Å². The van der Waals surface area contributed by atoms with Crippen LogP contribution in [0.4, 0.5) is 0 Å². The zero-order valence-corrected chi connectivity index (χ0v) is 6.62. The summed E-state index contributed by atoms with van der Waals surface area (Å²) in [4.78, 5) is 0. The standard InChI is InChI=1S/C7H15N3O/c8-10-3-4-11-7-5-9-2-1-6(7)10/h6-7,9H,1-5,8H2/t6?,7-/m0/s1. The smallest absolute Gasteiger partial charge is 0.0869 e. The zero-order valence-electron chi connectivity index (χ0n) is 6.62. The summed E-state index contributed by atoms with van der Waals surface area (Å²) in [6.45, 7) is 3.68. The van der Waals surface area contributed by atoms with Gasteiger partial charge < -0.3 is 10.1 Å². The second-order valence-electron chi connectivity index (χ2n) is 3.21. The second kappa shape index (κ2) is 3.06. The van der Waals surface area contributed by atoms with Crippen molar-refractivity contribution >= 4 is 0 Å². The van der Waals surface area contributed by atoms with E-state index in [1.807, 2.05) is 5.01 Å². The SMILES string of the molecule is NN1CCO[C@H]2CNCCC21. The lowest BCUT2D eigenvalue weighted by molar-refractivity contribution is -0.0818. The lowest BCUT2D eigenvalue weighted by Gasteiger charge is -2.41. The summed E-state index contributed by atoms with van der Waals surface area (Å²) in [5, 5.41) is 5.22. The molecule has 3 N–H and O–H groups in total. The van der Waals surface area contributed by atoms with Crippen LogP contribution in [-0.4, -0.2) is 43.4 Å². The molecule has 0 amide bonds. The number of hydrogen-bond acceptors (Lipinski definition) is 4. The van der Waals surface area contributed by atoms with Gasteiger partial charge in [0.15, 0.2) is 0 Å². The first kappa shape index (κ1) is 7.49. The van der Waals surface area contributed by atoms with E-state index in [-0.39, 0.29) is 0 Å². The molecular formula is C7H15N3O. The Morgan fingerprint density at radius 2 is 2.45 bits per heavy atom. The second-order valence-corrected chi connectivity index (χ2v) is 3.21. The average Bonchev–Trinajstić information content (AvgIpc) is 2.06. The summed E-state index contributed by atoms with van der Waals surface area (Å²) in [5.41, 5.74) is 0. The number of nitrogens with zero attached hydrogens (tertiary/aromatic N) is 1. The third-order valence-electron chi connectivity index (χ3n) is 2.50. The van der Waals surface area contributed by atoms with E-state index in [1.54, 1.807) is 0 Å². The molecule has 2 heterocycles. The Morgan fingerprint density at radius 3 is 3.27 bits per heavy atom. The molecule has 0 saturated carbocycles. The predicted octanol–water partition coefficient (Wildman–Crippen LogP) is -1.08. The topological polar surface area (TPSA) is 50.5 Å². The van der Waals surface area contributed by atoms with Crippen LogP contribution in [0.25, 0.3) is 0 Å². The van der Waals surface area contributed by atoms with Gasteiger partial charge in [0.25, 0.3) is 0 Å². The highest BCUT2D eigenvalue weighted by Crippen LogP contribution is 2.15. The summed E-state index contributed by atoms with van der Waals surface area (Å²) in [5.74, 6) is 5.81. The zero-order chi connectivity index (χ0) is 7.68. The first-order valence-corrected chi connectivity index (χ1v) is 4.21. The minimum atomic E-state index is 0.322. The monoisotopic (exact) mass is 157 g/mol. The summed E-state index contributed by atoms with van der Waals surface area (Å²) < 4.78 is 5.57. The molecule has 4 heteroatoms. The number of fused-ring (bicyclic) bond motifs is 1. The van der Waals surface area contributed by atoms with Crippen molar-refractivity contribution < 1.29 is 4.74 Å². The van der Waals surface area contributed by atoms with Crippen molar-refractivity contribution in [1.29, 1.82) is 0 Å². The molecule has 2 aliphatic heterocycles. The molecule has 2 saturated heterocycles. The maximum absolute atomic E-state index is 5.81. The number of piperidine rings is 1. The minimum absolute atomic E-state index is 0.322. The molecule has 0 aliphatic carbocycles. The van der Waals surface area contributed by atoms with E-state index >= 15 is 0 Å². The fourth-order valence-electron chi connectivity index (χ4n) is 1.84. The van der Waals surface area contributed by atoms with Crippen LogP contribution in [0.2, 0.25) is 0 Å². The van der Waals surface area contributed by atoms with Gasteiger partial charge in [0, 0.05) is 13.1 Å². The highest BCUT2D eigenvalue weighted by atomic mass is 16.5. The van der Waals surface area contributed by atoms with Gasteiger partial charge in [-0.05, 0) is 13.0 Å². The number of nitrogens with one attached hydrogen (secondary N) is 1. The van der Waals surface area contributed by atoms with Crippen molar-refractivity contribution in [3.63, 3.8) is 0 Å². The lowest BCUT2D eigenvalue weighted by atomic mass is 10.0. The van der Waals surface area contributed by atoms with Gasteiger partial charge >= 0.3 is 0 Å². The number of morpholine rings is 1. The van der Waals surface area contributed by atoms with Crippen LogP contribution in [0.1, 0.15) is 6.42 Å². The third-order valence-corrected chi connectivity index (χ3v) is 2.50. The summed E-state index contributed by atoms with van der Waals surface area (Å²) >= 11 is 0. The normalized spacial score (nSPS) is 40.1. The molecule has 0 radical (unpaired) electrons. The highest BCUT2D eigenvalue weighted by Gasteiger charge is 2.32. The maximum Gasteiger partial charge on any atom is 0.0869 e. The van der Waals surface area contributed by atoms with Crippen molar-refractivity contribution in [2.45, 2.75) is 18.6 Å². The van der Waals surface area contributed by atoms with Crippen LogP contribution < -0.4 is 11.2 Å². The average molecular weight is 157 g/mol. The van der Waals surface area contributed by atoms with Gasteiger partial charge in [-0.2, -0.15) is 0 Å². The van der Waals surface area contributed by atoms with E-state index < -0.39 is 0 Å². The van der Waals surface area contributed by atoms with Gasteiger partial charge in [0.1, 0.15) is 0 Å². The number of rotatable bonds is 0. The van der Waals surface area contributed by atoms with Crippen LogP contribution in [-0.2, 0) is 4.74 Å². The van der Waals surface area contributed by atoms with Gasteiger partial charge in [0.2, 0.25) is 0 Å². The van der Waals surface area contributed by atoms with Crippen molar-refractivity contribution in [1.82, 2.24) is 10.3 Å². The van der Waals surface area contributed by atoms with Gasteiger partial charge in [-0.15, -0.1) is 0 Å². The Labute approximate surface area is 66.7 Å². The molecule has 0 aromatic carbocycles. The Morgan fingerprint density at radius 1 is 1.55 bits per heavy atom. The van der Waals surface area contributed by atoms with E-state index in [0.29, 0.717) is 12.1 Å². The van der Waals surface area contributed by atoms with Gasteiger partial charge in [0.05, 0.1) is 18.8 Å². The Hall–Kier alpha value is -0.160. The fourth-order valence-corrected chi connectivity index (χ4v) is 1.84. The highest BCUT2D eigenvalue weighted by molar-refractivity contribution is 4.86. The fraction of sp³-hybridized carbons (Fsp3) is 1.00. The summed E-state index contributed by atoms with van der Waals surface area (Å²) in [7, 11) is 0. The molecule has 11 heavy (non-hydrogen) atoms. The summed E-state index contributed by atoms with van der Waals surface area (Å²) in [6, 6.07) is 0.449. The predicted molar refractivity (Wildman–Crippen MR) is 41.9 cm³/mol. The van der Waals surface area contributed by atoms with E-state index in [1.165, 1.54) is 0 Å². The molecule has 0 spiro atoms.